The maximum atomic E-state index is 13.0. The highest BCUT2D eigenvalue weighted by atomic mass is 19.1. The van der Waals surface area contributed by atoms with Gasteiger partial charge in [0.1, 0.15) is 11.6 Å². The fourth-order valence-corrected chi connectivity index (χ4v) is 2.40. The zero-order valence-corrected chi connectivity index (χ0v) is 13.8. The smallest absolute Gasteiger partial charge is 0.255 e. The van der Waals surface area contributed by atoms with Crippen LogP contribution in [-0.4, -0.2) is 22.3 Å². The Labute approximate surface area is 145 Å². The molecule has 5 nitrogen and oxygen atoms in total. The average Bonchev–Trinajstić information content (AvgIpc) is 3.10. The van der Waals surface area contributed by atoms with Gasteiger partial charge >= 0.3 is 0 Å². The van der Waals surface area contributed by atoms with Gasteiger partial charge in [0.25, 0.3) is 5.91 Å². The lowest BCUT2D eigenvalue weighted by Gasteiger charge is -2.09. The first-order valence-electron chi connectivity index (χ1n) is 7.98. The molecule has 3 rings (SSSR count). The highest BCUT2D eigenvalue weighted by molar-refractivity contribution is 5.96. The lowest BCUT2D eigenvalue weighted by molar-refractivity contribution is 0.0946. The van der Waals surface area contributed by atoms with Crippen LogP contribution in [0.5, 0.6) is 5.75 Å². The van der Waals surface area contributed by atoms with Crippen molar-refractivity contribution < 1.29 is 13.9 Å². The number of carbonyl (C=O) groups is 1. The molecule has 1 heterocycles. The standard InChI is InChI=1S/C19H18FN3O2/c1-2-25-18-6-4-3-5-17(18)19(24)21-13-15-11-12-23(22-15)16-9-7-14(20)8-10-16/h3-12H,2,13H2,1H3,(H,21,24). The van der Waals surface area contributed by atoms with E-state index in [0.29, 0.717) is 23.6 Å². The summed E-state index contributed by atoms with van der Waals surface area (Å²) in [6.07, 6.45) is 1.77. The zero-order chi connectivity index (χ0) is 17.6. The lowest BCUT2D eigenvalue weighted by atomic mass is 10.2. The van der Waals surface area contributed by atoms with Gasteiger partial charge in [-0.05, 0) is 49.4 Å². The van der Waals surface area contributed by atoms with E-state index >= 15 is 0 Å². The molecular weight excluding hydrogens is 321 g/mol. The molecule has 128 valence electrons. The monoisotopic (exact) mass is 339 g/mol. The predicted octanol–water partition coefficient (Wildman–Crippen LogP) is 3.34. The first kappa shape index (κ1) is 16.7. The van der Waals surface area contributed by atoms with Crippen molar-refractivity contribution >= 4 is 5.91 Å². The molecular formula is C19H18FN3O2. The first-order chi connectivity index (χ1) is 12.2. The number of amides is 1. The van der Waals surface area contributed by atoms with Crippen molar-refractivity contribution in [1.82, 2.24) is 15.1 Å². The molecule has 6 heteroatoms. The molecule has 0 atom stereocenters. The SMILES string of the molecule is CCOc1ccccc1C(=O)NCc1ccn(-c2ccc(F)cc2)n1. The van der Waals surface area contributed by atoms with Crippen molar-refractivity contribution in [3.63, 3.8) is 0 Å². The summed E-state index contributed by atoms with van der Waals surface area (Å²) in [4.78, 5) is 12.4. The van der Waals surface area contributed by atoms with Crippen LogP contribution in [0.4, 0.5) is 4.39 Å². The second-order valence-electron chi connectivity index (χ2n) is 5.34. The fourth-order valence-electron chi connectivity index (χ4n) is 2.40. The molecule has 0 bridgehead atoms. The molecule has 25 heavy (non-hydrogen) atoms. The highest BCUT2D eigenvalue weighted by Gasteiger charge is 2.12. The van der Waals surface area contributed by atoms with E-state index in [4.69, 9.17) is 4.74 Å². The van der Waals surface area contributed by atoms with Crippen LogP contribution < -0.4 is 10.1 Å². The molecule has 0 fully saturated rings. The molecule has 0 aliphatic rings. The maximum absolute atomic E-state index is 13.0. The number of hydrogen-bond donors (Lipinski definition) is 1. The van der Waals surface area contributed by atoms with Gasteiger partial charge in [0.2, 0.25) is 0 Å². The Bertz CT molecular complexity index is 859. The van der Waals surface area contributed by atoms with E-state index in [2.05, 4.69) is 10.4 Å². The van der Waals surface area contributed by atoms with Crippen LogP contribution in [0, 0.1) is 5.82 Å². The van der Waals surface area contributed by atoms with Gasteiger partial charge in [-0.25, -0.2) is 9.07 Å². The number of nitrogens with one attached hydrogen (secondary N) is 1. The normalized spacial score (nSPS) is 10.5. The number of benzene rings is 2. The topological polar surface area (TPSA) is 56.1 Å². The zero-order valence-electron chi connectivity index (χ0n) is 13.8. The van der Waals surface area contributed by atoms with Gasteiger partial charge in [-0.1, -0.05) is 12.1 Å². The third-order valence-electron chi connectivity index (χ3n) is 3.60. The van der Waals surface area contributed by atoms with Gasteiger partial charge in [-0.3, -0.25) is 4.79 Å². The summed E-state index contributed by atoms with van der Waals surface area (Å²) < 4.78 is 20.1. The second-order valence-corrected chi connectivity index (χ2v) is 5.34. The summed E-state index contributed by atoms with van der Waals surface area (Å²) >= 11 is 0. The van der Waals surface area contributed by atoms with Gasteiger partial charge in [0.15, 0.2) is 0 Å². The van der Waals surface area contributed by atoms with Gasteiger partial charge in [-0.15, -0.1) is 0 Å². The predicted molar refractivity (Wildman–Crippen MR) is 92.3 cm³/mol. The Hall–Kier alpha value is -3.15. The number of aromatic nitrogens is 2. The summed E-state index contributed by atoms with van der Waals surface area (Å²) in [5, 5.41) is 7.22. The van der Waals surface area contributed by atoms with Crippen molar-refractivity contribution in [1.29, 1.82) is 0 Å². The van der Waals surface area contributed by atoms with Crippen molar-refractivity contribution in [2.24, 2.45) is 0 Å². The number of hydrogen-bond acceptors (Lipinski definition) is 3. The largest absolute Gasteiger partial charge is 0.493 e. The summed E-state index contributed by atoms with van der Waals surface area (Å²) in [6, 6.07) is 14.9. The minimum Gasteiger partial charge on any atom is -0.493 e. The van der Waals surface area contributed by atoms with Gasteiger partial charge in [-0.2, -0.15) is 5.10 Å². The van der Waals surface area contributed by atoms with E-state index < -0.39 is 0 Å². The number of rotatable bonds is 6. The Balaban J connectivity index is 1.66. The van der Waals surface area contributed by atoms with E-state index in [1.165, 1.54) is 12.1 Å². The third-order valence-corrected chi connectivity index (χ3v) is 3.60. The van der Waals surface area contributed by atoms with Crippen LogP contribution >= 0.6 is 0 Å². The first-order valence-corrected chi connectivity index (χ1v) is 7.98. The molecule has 2 aromatic carbocycles. The minimum absolute atomic E-state index is 0.222. The van der Waals surface area contributed by atoms with Crippen LogP contribution in [0.25, 0.3) is 5.69 Å². The van der Waals surface area contributed by atoms with Crippen molar-refractivity contribution in [2.75, 3.05) is 6.61 Å². The Morgan fingerprint density at radius 1 is 1.16 bits per heavy atom. The van der Waals surface area contributed by atoms with Crippen molar-refractivity contribution in [3.8, 4) is 11.4 Å². The number of halogens is 1. The molecule has 3 aromatic rings. The summed E-state index contributed by atoms with van der Waals surface area (Å²) in [5.74, 6) is 0.0380. The van der Waals surface area contributed by atoms with Crippen molar-refractivity contribution in [2.45, 2.75) is 13.5 Å². The van der Waals surface area contributed by atoms with Crippen LogP contribution in [0.2, 0.25) is 0 Å². The Morgan fingerprint density at radius 2 is 1.92 bits per heavy atom. The molecule has 1 aromatic heterocycles. The fraction of sp³-hybridized carbons (Fsp3) is 0.158. The molecule has 0 radical (unpaired) electrons. The van der Waals surface area contributed by atoms with Gasteiger partial charge < -0.3 is 10.1 Å². The number of ether oxygens (including phenoxy) is 1. The lowest BCUT2D eigenvalue weighted by Crippen LogP contribution is -2.23. The highest BCUT2D eigenvalue weighted by Crippen LogP contribution is 2.17. The van der Waals surface area contributed by atoms with Gasteiger partial charge in [0, 0.05) is 6.20 Å². The van der Waals surface area contributed by atoms with E-state index in [0.717, 1.165) is 5.69 Å². The summed E-state index contributed by atoms with van der Waals surface area (Å²) in [5.41, 5.74) is 1.94. The molecule has 1 N–H and O–H groups in total. The molecule has 0 saturated carbocycles. The maximum Gasteiger partial charge on any atom is 0.255 e. The summed E-state index contributed by atoms with van der Waals surface area (Å²) in [7, 11) is 0. The molecule has 0 spiro atoms. The number of carbonyl (C=O) groups excluding carboxylic acids is 1. The Morgan fingerprint density at radius 3 is 2.68 bits per heavy atom. The van der Waals surface area contributed by atoms with E-state index in [1.54, 1.807) is 47.3 Å². The molecule has 0 aliphatic carbocycles. The molecule has 0 unspecified atom stereocenters. The van der Waals surface area contributed by atoms with E-state index in [1.807, 2.05) is 13.0 Å². The van der Waals surface area contributed by atoms with Crippen LogP contribution in [-0.2, 0) is 6.54 Å². The average molecular weight is 339 g/mol. The number of nitrogens with zero attached hydrogens (tertiary/aromatic N) is 2. The molecule has 1 amide bonds. The van der Waals surface area contributed by atoms with Crippen molar-refractivity contribution in [3.05, 3.63) is 77.9 Å². The third kappa shape index (κ3) is 4.03. The number of para-hydroxylation sites is 1. The van der Waals surface area contributed by atoms with E-state index in [9.17, 15) is 9.18 Å². The van der Waals surface area contributed by atoms with Crippen LogP contribution in [0.15, 0.2) is 60.8 Å². The minimum atomic E-state index is -0.295. The molecule has 0 aliphatic heterocycles. The van der Waals surface area contributed by atoms with Gasteiger partial charge in [0.05, 0.1) is 30.1 Å². The van der Waals surface area contributed by atoms with Crippen LogP contribution in [0.1, 0.15) is 23.0 Å². The quantitative estimate of drug-likeness (QED) is 0.749. The Kier molecular flexibility index (Phi) is 5.09. The molecule has 0 saturated heterocycles. The van der Waals surface area contributed by atoms with Crippen LogP contribution in [0.3, 0.4) is 0 Å². The second kappa shape index (κ2) is 7.61. The summed E-state index contributed by atoms with van der Waals surface area (Å²) in [6.45, 7) is 2.65. The van der Waals surface area contributed by atoms with E-state index in [-0.39, 0.29) is 18.3 Å².